The first-order chi connectivity index (χ1) is 11.1. The van der Waals surface area contributed by atoms with Crippen molar-refractivity contribution in [2.45, 2.75) is 58.1 Å². The topological polar surface area (TPSA) is 40.5 Å². The van der Waals surface area contributed by atoms with E-state index in [1.54, 1.807) is 0 Å². The van der Waals surface area contributed by atoms with E-state index in [2.05, 4.69) is 13.8 Å². The Morgan fingerprint density at radius 3 is 2.78 bits per heavy atom. The molecule has 1 saturated heterocycles. The second-order valence-corrected chi connectivity index (χ2v) is 6.66. The fourth-order valence-corrected chi connectivity index (χ4v) is 3.03. The van der Waals surface area contributed by atoms with Gasteiger partial charge in [-0.05, 0) is 24.3 Å². The molecule has 0 aliphatic carbocycles. The third-order valence-electron chi connectivity index (χ3n) is 4.66. The van der Waals surface area contributed by atoms with E-state index in [9.17, 15) is 9.90 Å². The van der Waals surface area contributed by atoms with Crippen molar-refractivity contribution < 1.29 is 9.90 Å². The first-order valence-corrected chi connectivity index (χ1v) is 8.80. The van der Waals surface area contributed by atoms with Crippen molar-refractivity contribution in [3.63, 3.8) is 0 Å². The maximum absolute atomic E-state index is 12.2. The number of piperidine rings is 1. The van der Waals surface area contributed by atoms with Gasteiger partial charge in [0.05, 0.1) is 12.1 Å². The lowest BCUT2D eigenvalue weighted by molar-refractivity contribution is -0.135. The van der Waals surface area contributed by atoms with Gasteiger partial charge < -0.3 is 10.0 Å². The van der Waals surface area contributed by atoms with Crippen LogP contribution in [0.25, 0.3) is 0 Å². The standard InChI is InChI=1S/C20H29NO2/c1-3-16(2)15-21-18(10-7-11-20(21)23)12-13-19(22)14-17-8-5-4-6-9-17/h4-6,8-9,12-13,16,18-19,22H,3,7,10-11,14-15H2,1-2H3/b13-12+/t16-,18+,19?/m0/s1. The molecule has 0 saturated carbocycles. The van der Waals surface area contributed by atoms with Crippen LogP contribution < -0.4 is 0 Å². The normalized spacial score (nSPS) is 21.6. The summed E-state index contributed by atoms with van der Waals surface area (Å²) in [5, 5.41) is 10.2. The van der Waals surface area contributed by atoms with Crippen LogP contribution in [0, 0.1) is 5.92 Å². The summed E-state index contributed by atoms with van der Waals surface area (Å²) < 4.78 is 0. The second-order valence-electron chi connectivity index (χ2n) is 6.66. The SMILES string of the molecule is CC[C@H](C)CN1C(=O)CCC[C@@H]1/C=C/C(O)Cc1ccccc1. The zero-order chi connectivity index (χ0) is 16.7. The number of amides is 1. The molecule has 1 N–H and O–H groups in total. The average molecular weight is 315 g/mol. The average Bonchev–Trinajstić information content (AvgIpc) is 2.56. The van der Waals surface area contributed by atoms with E-state index in [4.69, 9.17) is 0 Å². The lowest BCUT2D eigenvalue weighted by atomic mass is 9.97. The van der Waals surface area contributed by atoms with E-state index in [-0.39, 0.29) is 11.9 Å². The summed E-state index contributed by atoms with van der Waals surface area (Å²) in [5.41, 5.74) is 1.13. The highest BCUT2D eigenvalue weighted by Crippen LogP contribution is 2.21. The summed E-state index contributed by atoms with van der Waals surface area (Å²) in [6.45, 7) is 5.17. The quantitative estimate of drug-likeness (QED) is 0.781. The van der Waals surface area contributed by atoms with Crippen LogP contribution in [-0.2, 0) is 11.2 Å². The molecule has 0 radical (unpaired) electrons. The smallest absolute Gasteiger partial charge is 0.223 e. The number of aliphatic hydroxyl groups is 1. The molecule has 2 rings (SSSR count). The van der Waals surface area contributed by atoms with Gasteiger partial charge in [-0.1, -0.05) is 62.8 Å². The summed E-state index contributed by atoms with van der Waals surface area (Å²) >= 11 is 0. The van der Waals surface area contributed by atoms with Gasteiger partial charge in [0.15, 0.2) is 0 Å². The van der Waals surface area contributed by atoms with Crippen molar-refractivity contribution in [1.29, 1.82) is 0 Å². The highest BCUT2D eigenvalue weighted by atomic mass is 16.3. The fraction of sp³-hybridized carbons (Fsp3) is 0.550. The molecule has 1 aliphatic rings. The maximum Gasteiger partial charge on any atom is 0.223 e. The van der Waals surface area contributed by atoms with Crippen molar-refractivity contribution >= 4 is 5.91 Å². The van der Waals surface area contributed by atoms with Crippen molar-refractivity contribution in [1.82, 2.24) is 4.90 Å². The molecule has 1 aliphatic heterocycles. The summed E-state index contributed by atoms with van der Waals surface area (Å²) in [6.07, 6.45) is 7.69. The summed E-state index contributed by atoms with van der Waals surface area (Å²) in [7, 11) is 0. The van der Waals surface area contributed by atoms with E-state index in [1.165, 1.54) is 0 Å². The minimum Gasteiger partial charge on any atom is -0.389 e. The first kappa shape index (κ1) is 17.7. The largest absolute Gasteiger partial charge is 0.389 e. The lowest BCUT2D eigenvalue weighted by Gasteiger charge is -2.35. The molecule has 0 spiro atoms. The number of carbonyl (C=O) groups is 1. The Labute approximate surface area is 140 Å². The van der Waals surface area contributed by atoms with E-state index < -0.39 is 6.10 Å². The van der Waals surface area contributed by atoms with Crippen LogP contribution in [0.15, 0.2) is 42.5 Å². The number of hydrogen-bond donors (Lipinski definition) is 1. The van der Waals surface area contributed by atoms with E-state index >= 15 is 0 Å². The van der Waals surface area contributed by atoms with Gasteiger partial charge in [-0.3, -0.25) is 4.79 Å². The minimum absolute atomic E-state index is 0.135. The van der Waals surface area contributed by atoms with Gasteiger partial charge in [0.25, 0.3) is 0 Å². The molecule has 0 bridgehead atoms. The zero-order valence-corrected chi connectivity index (χ0v) is 14.3. The Morgan fingerprint density at radius 1 is 1.35 bits per heavy atom. The predicted octanol–water partition coefficient (Wildman–Crippen LogP) is 3.57. The molecule has 0 aromatic heterocycles. The molecule has 1 aromatic carbocycles. The highest BCUT2D eigenvalue weighted by Gasteiger charge is 2.27. The van der Waals surface area contributed by atoms with Gasteiger partial charge in [-0.2, -0.15) is 0 Å². The van der Waals surface area contributed by atoms with Gasteiger partial charge in [0.2, 0.25) is 5.91 Å². The Bertz CT molecular complexity index is 512. The third kappa shape index (κ3) is 5.51. The second kappa shape index (κ2) is 8.88. The monoisotopic (exact) mass is 315 g/mol. The Morgan fingerprint density at radius 2 is 2.09 bits per heavy atom. The molecule has 1 fully saturated rings. The molecule has 126 valence electrons. The van der Waals surface area contributed by atoms with Crippen LogP contribution in [0.4, 0.5) is 0 Å². The molecule has 1 amide bonds. The van der Waals surface area contributed by atoms with Crippen LogP contribution in [0.2, 0.25) is 0 Å². The number of likely N-dealkylation sites (tertiary alicyclic amines) is 1. The van der Waals surface area contributed by atoms with Gasteiger partial charge in [0, 0.05) is 19.4 Å². The van der Waals surface area contributed by atoms with Crippen molar-refractivity contribution in [2.75, 3.05) is 6.54 Å². The number of hydrogen-bond acceptors (Lipinski definition) is 2. The maximum atomic E-state index is 12.2. The molecule has 3 atom stereocenters. The van der Waals surface area contributed by atoms with Gasteiger partial charge in [-0.25, -0.2) is 0 Å². The van der Waals surface area contributed by atoms with Crippen molar-refractivity contribution in [2.24, 2.45) is 5.92 Å². The third-order valence-corrected chi connectivity index (χ3v) is 4.66. The number of nitrogens with zero attached hydrogens (tertiary/aromatic N) is 1. The van der Waals surface area contributed by atoms with Crippen LogP contribution in [-0.4, -0.2) is 34.6 Å². The summed E-state index contributed by atoms with van der Waals surface area (Å²) in [4.78, 5) is 14.2. The summed E-state index contributed by atoms with van der Waals surface area (Å²) in [6, 6.07) is 10.1. The Kier molecular flexibility index (Phi) is 6.85. The molecule has 1 aromatic rings. The molecule has 23 heavy (non-hydrogen) atoms. The summed E-state index contributed by atoms with van der Waals surface area (Å²) in [5.74, 6) is 0.769. The molecular weight excluding hydrogens is 286 g/mol. The molecule has 3 nitrogen and oxygen atoms in total. The number of carbonyl (C=O) groups excluding carboxylic acids is 1. The van der Waals surface area contributed by atoms with Crippen LogP contribution in [0.1, 0.15) is 45.1 Å². The number of aliphatic hydroxyl groups excluding tert-OH is 1. The van der Waals surface area contributed by atoms with Crippen molar-refractivity contribution in [3.8, 4) is 0 Å². The Balaban J connectivity index is 1.96. The van der Waals surface area contributed by atoms with Crippen molar-refractivity contribution in [3.05, 3.63) is 48.0 Å². The van der Waals surface area contributed by atoms with Crippen LogP contribution in [0.3, 0.4) is 0 Å². The minimum atomic E-state index is -0.500. The van der Waals surface area contributed by atoms with E-state index in [1.807, 2.05) is 47.4 Å². The molecule has 1 unspecified atom stereocenters. The van der Waals surface area contributed by atoms with E-state index in [0.29, 0.717) is 18.8 Å². The van der Waals surface area contributed by atoms with Crippen LogP contribution >= 0.6 is 0 Å². The first-order valence-electron chi connectivity index (χ1n) is 8.80. The van der Waals surface area contributed by atoms with Crippen LogP contribution in [0.5, 0.6) is 0 Å². The Hall–Kier alpha value is -1.61. The predicted molar refractivity (Wildman–Crippen MR) is 94.1 cm³/mol. The number of rotatable bonds is 7. The lowest BCUT2D eigenvalue weighted by Crippen LogP contribution is -2.44. The molecular formula is C20H29NO2. The van der Waals surface area contributed by atoms with E-state index in [0.717, 1.165) is 31.4 Å². The van der Waals surface area contributed by atoms with Gasteiger partial charge in [0.1, 0.15) is 0 Å². The fourth-order valence-electron chi connectivity index (χ4n) is 3.03. The molecule has 3 heteroatoms. The number of benzene rings is 1. The highest BCUT2D eigenvalue weighted by molar-refractivity contribution is 5.77. The zero-order valence-electron chi connectivity index (χ0n) is 14.3. The molecule has 1 heterocycles. The van der Waals surface area contributed by atoms with Gasteiger partial charge >= 0.3 is 0 Å². The van der Waals surface area contributed by atoms with Gasteiger partial charge in [-0.15, -0.1) is 0 Å².